The maximum Gasteiger partial charge on any atom is 0.306 e. The molecule has 0 bridgehead atoms. The molecule has 0 radical (unpaired) electrons. The average molecular weight is 357 g/mol. The molecule has 0 N–H and O–H groups in total. The number of carbonyl (C=O) groups is 1. The van der Waals surface area contributed by atoms with Crippen LogP contribution in [0.4, 0.5) is 0 Å². The molecule has 1 fully saturated rings. The second-order valence-electron chi connectivity index (χ2n) is 7.89. The number of hydrogen-bond acceptors (Lipinski definition) is 4. The van der Waals surface area contributed by atoms with Gasteiger partial charge in [-0.3, -0.25) is 9.69 Å². The van der Waals surface area contributed by atoms with Crippen LogP contribution in [0.25, 0.3) is 0 Å². The first kappa shape index (κ1) is 21.6. The molecule has 0 spiro atoms. The number of hydrogen-bond donors (Lipinski definition) is 0. The van der Waals surface area contributed by atoms with Gasteiger partial charge in [0.15, 0.2) is 0 Å². The predicted molar refractivity (Wildman–Crippen MR) is 105 cm³/mol. The van der Waals surface area contributed by atoms with Gasteiger partial charge in [-0.15, -0.1) is 0 Å². The van der Waals surface area contributed by atoms with Crippen LogP contribution in [0, 0.1) is 0 Å². The summed E-state index contributed by atoms with van der Waals surface area (Å²) in [6, 6.07) is 1.41. The molecule has 1 aliphatic rings. The SMILES string of the molecule is CCCCCCCCCC[Si](C)(C)N1CCN(CCC(=O)OC)C1. The van der Waals surface area contributed by atoms with Gasteiger partial charge in [-0.05, 0) is 6.04 Å². The topological polar surface area (TPSA) is 32.8 Å². The molecule has 0 aromatic rings. The van der Waals surface area contributed by atoms with Crippen LogP contribution in [0.5, 0.6) is 0 Å². The highest BCUT2D eigenvalue weighted by Gasteiger charge is 2.33. The Bertz CT molecular complexity index is 350. The Balaban J connectivity index is 2.13. The van der Waals surface area contributed by atoms with Crippen molar-refractivity contribution >= 4 is 14.2 Å². The van der Waals surface area contributed by atoms with Gasteiger partial charge in [0.1, 0.15) is 8.24 Å². The lowest BCUT2D eigenvalue weighted by Crippen LogP contribution is -2.48. The van der Waals surface area contributed by atoms with Crippen molar-refractivity contribution in [1.82, 2.24) is 9.47 Å². The molecule has 142 valence electrons. The molecule has 0 aliphatic carbocycles. The Morgan fingerprint density at radius 2 is 1.62 bits per heavy atom. The maximum absolute atomic E-state index is 11.3. The minimum atomic E-state index is -1.28. The molecule has 0 aromatic heterocycles. The highest BCUT2D eigenvalue weighted by Crippen LogP contribution is 2.23. The molecular weight excluding hydrogens is 316 g/mol. The Hall–Kier alpha value is -0.393. The minimum Gasteiger partial charge on any atom is -0.469 e. The van der Waals surface area contributed by atoms with Crippen molar-refractivity contribution in [2.24, 2.45) is 0 Å². The first-order valence-corrected chi connectivity index (χ1v) is 13.2. The molecule has 1 aliphatic heterocycles. The van der Waals surface area contributed by atoms with Crippen molar-refractivity contribution < 1.29 is 9.53 Å². The van der Waals surface area contributed by atoms with E-state index in [1.807, 2.05) is 0 Å². The first-order valence-electron chi connectivity index (χ1n) is 10.0. The molecule has 0 unspecified atom stereocenters. The maximum atomic E-state index is 11.3. The normalized spacial score (nSPS) is 16.7. The Morgan fingerprint density at radius 1 is 1.00 bits per heavy atom. The van der Waals surface area contributed by atoms with Crippen molar-refractivity contribution in [2.45, 2.75) is 83.8 Å². The number of esters is 1. The number of unbranched alkanes of at least 4 members (excludes halogenated alkanes) is 7. The molecule has 0 saturated carbocycles. The highest BCUT2D eigenvalue weighted by molar-refractivity contribution is 6.74. The fraction of sp³-hybridized carbons (Fsp3) is 0.947. The summed E-state index contributed by atoms with van der Waals surface area (Å²) in [4.78, 5) is 13.7. The summed E-state index contributed by atoms with van der Waals surface area (Å²) >= 11 is 0. The summed E-state index contributed by atoms with van der Waals surface area (Å²) in [5, 5.41) is 0. The lowest BCUT2D eigenvalue weighted by atomic mass is 10.1. The van der Waals surface area contributed by atoms with Crippen molar-refractivity contribution in [1.29, 1.82) is 0 Å². The van der Waals surface area contributed by atoms with E-state index in [0.29, 0.717) is 6.42 Å². The quantitative estimate of drug-likeness (QED) is 0.277. The van der Waals surface area contributed by atoms with Crippen LogP contribution in [-0.2, 0) is 9.53 Å². The van der Waals surface area contributed by atoms with Gasteiger partial charge in [0.2, 0.25) is 0 Å². The molecule has 0 atom stereocenters. The minimum absolute atomic E-state index is 0.0936. The molecule has 1 saturated heterocycles. The number of rotatable bonds is 13. The van der Waals surface area contributed by atoms with Gasteiger partial charge in [0.25, 0.3) is 0 Å². The summed E-state index contributed by atoms with van der Waals surface area (Å²) in [5.41, 5.74) is 0. The number of carbonyl (C=O) groups excluding carboxylic acids is 1. The summed E-state index contributed by atoms with van der Waals surface area (Å²) in [6.07, 6.45) is 11.8. The summed E-state index contributed by atoms with van der Waals surface area (Å²) < 4.78 is 7.45. The summed E-state index contributed by atoms with van der Waals surface area (Å²) in [6.45, 7) is 11.5. The fourth-order valence-corrected chi connectivity index (χ4v) is 6.24. The summed E-state index contributed by atoms with van der Waals surface area (Å²) in [5.74, 6) is -0.0936. The van der Waals surface area contributed by atoms with Crippen molar-refractivity contribution in [3.05, 3.63) is 0 Å². The summed E-state index contributed by atoms with van der Waals surface area (Å²) in [7, 11) is 0.188. The zero-order valence-corrected chi connectivity index (χ0v) is 17.6. The molecule has 0 amide bonds. The third-order valence-corrected chi connectivity index (χ3v) is 9.07. The Labute approximate surface area is 151 Å². The van der Waals surface area contributed by atoms with Gasteiger partial charge < -0.3 is 9.30 Å². The average Bonchev–Trinajstić information content (AvgIpc) is 3.05. The van der Waals surface area contributed by atoms with Gasteiger partial charge in [0, 0.05) is 26.3 Å². The van der Waals surface area contributed by atoms with Crippen molar-refractivity contribution in [3.63, 3.8) is 0 Å². The number of methoxy groups -OCH3 is 1. The van der Waals surface area contributed by atoms with Crippen LogP contribution in [0.3, 0.4) is 0 Å². The van der Waals surface area contributed by atoms with Crippen LogP contribution in [0.1, 0.15) is 64.7 Å². The molecule has 0 aromatic carbocycles. The van der Waals surface area contributed by atoms with E-state index in [9.17, 15) is 4.79 Å². The van der Waals surface area contributed by atoms with E-state index < -0.39 is 8.24 Å². The lowest BCUT2D eigenvalue weighted by Gasteiger charge is -2.33. The van der Waals surface area contributed by atoms with Crippen LogP contribution in [0.2, 0.25) is 19.1 Å². The van der Waals surface area contributed by atoms with Gasteiger partial charge in [-0.1, -0.05) is 71.4 Å². The molecule has 5 heteroatoms. The van der Waals surface area contributed by atoms with Crippen LogP contribution in [-0.4, -0.2) is 57.1 Å². The Morgan fingerprint density at radius 3 is 2.25 bits per heavy atom. The van der Waals surface area contributed by atoms with Crippen LogP contribution in [0.15, 0.2) is 0 Å². The van der Waals surface area contributed by atoms with E-state index in [4.69, 9.17) is 4.74 Å². The zero-order valence-electron chi connectivity index (χ0n) is 16.6. The molecule has 24 heavy (non-hydrogen) atoms. The van der Waals surface area contributed by atoms with Crippen molar-refractivity contribution in [2.75, 3.05) is 33.4 Å². The smallest absolute Gasteiger partial charge is 0.306 e. The number of nitrogens with zero attached hydrogens (tertiary/aromatic N) is 2. The fourth-order valence-electron chi connectivity index (χ4n) is 3.52. The van der Waals surface area contributed by atoms with E-state index >= 15 is 0 Å². The predicted octanol–water partition coefficient (Wildman–Crippen LogP) is 4.47. The van der Waals surface area contributed by atoms with Crippen molar-refractivity contribution in [3.8, 4) is 0 Å². The third-order valence-electron chi connectivity index (χ3n) is 5.41. The van der Waals surface area contributed by atoms with Gasteiger partial charge in [-0.25, -0.2) is 0 Å². The van der Waals surface area contributed by atoms with E-state index in [1.54, 1.807) is 0 Å². The molecule has 1 rings (SSSR count). The number of ether oxygens (including phenoxy) is 1. The van der Waals surface area contributed by atoms with Crippen LogP contribution < -0.4 is 0 Å². The first-order chi connectivity index (χ1) is 11.5. The lowest BCUT2D eigenvalue weighted by molar-refractivity contribution is -0.140. The van der Waals surface area contributed by atoms with Gasteiger partial charge >= 0.3 is 5.97 Å². The highest BCUT2D eigenvalue weighted by atomic mass is 28.3. The Kier molecular flexibility index (Phi) is 10.9. The monoisotopic (exact) mass is 356 g/mol. The van der Waals surface area contributed by atoms with Gasteiger partial charge in [-0.2, -0.15) is 0 Å². The second kappa shape index (κ2) is 12.0. The van der Waals surface area contributed by atoms with E-state index in [0.717, 1.165) is 19.8 Å². The molecule has 1 heterocycles. The molecule has 4 nitrogen and oxygen atoms in total. The second-order valence-corrected chi connectivity index (χ2v) is 12.6. The van der Waals surface area contributed by atoms with E-state index in [1.165, 1.54) is 71.1 Å². The van der Waals surface area contributed by atoms with E-state index in [2.05, 4.69) is 29.5 Å². The standard InChI is InChI=1S/C19H40N2O2Si/c1-5-6-7-8-9-10-11-12-17-24(3,4)21-16-15-20(18-21)14-13-19(22)23-2/h5-18H2,1-4H3. The van der Waals surface area contributed by atoms with E-state index in [-0.39, 0.29) is 5.97 Å². The third kappa shape index (κ3) is 8.63. The van der Waals surface area contributed by atoms with Crippen LogP contribution >= 0.6 is 0 Å². The van der Waals surface area contributed by atoms with Gasteiger partial charge in [0.05, 0.1) is 13.5 Å². The largest absolute Gasteiger partial charge is 0.469 e. The molecular formula is C19H40N2O2Si. The zero-order chi connectivity index (χ0) is 17.8.